The number of hydrogen-bond donors (Lipinski definition) is 0. The molecule has 0 heterocycles. The van der Waals surface area contributed by atoms with Crippen molar-refractivity contribution in [1.82, 2.24) is 0 Å². The van der Waals surface area contributed by atoms with Crippen molar-refractivity contribution in [3.05, 3.63) is 60.8 Å². The summed E-state index contributed by atoms with van der Waals surface area (Å²) in [7, 11) is 0. The highest BCUT2D eigenvalue weighted by atomic mass is 16.6. The number of carbonyl (C=O) groups excluding carboxylic acids is 3. The van der Waals surface area contributed by atoms with E-state index < -0.39 is 6.10 Å². The van der Waals surface area contributed by atoms with Crippen LogP contribution in [0.3, 0.4) is 0 Å². The Balaban J connectivity index is 4.40. The van der Waals surface area contributed by atoms with Gasteiger partial charge in [-0.05, 0) is 64.2 Å². The van der Waals surface area contributed by atoms with E-state index >= 15 is 0 Å². The van der Waals surface area contributed by atoms with Crippen LogP contribution in [0.4, 0.5) is 0 Å². The molecule has 6 nitrogen and oxygen atoms in total. The second kappa shape index (κ2) is 59.7. The van der Waals surface area contributed by atoms with Gasteiger partial charge in [-0.3, -0.25) is 14.4 Å². The topological polar surface area (TPSA) is 78.9 Å². The van der Waals surface area contributed by atoms with Gasteiger partial charge >= 0.3 is 17.9 Å². The molecule has 0 aliphatic carbocycles. The molecular weight excluding hydrogens is 877 g/mol. The van der Waals surface area contributed by atoms with Crippen molar-refractivity contribution in [3.8, 4) is 0 Å². The first-order valence-electron chi connectivity index (χ1n) is 30.8. The first-order valence-corrected chi connectivity index (χ1v) is 30.8. The van der Waals surface area contributed by atoms with Gasteiger partial charge in [0.2, 0.25) is 0 Å². The number of hydrogen-bond acceptors (Lipinski definition) is 6. The van der Waals surface area contributed by atoms with E-state index in [1.54, 1.807) is 0 Å². The van der Waals surface area contributed by atoms with Gasteiger partial charge in [0.25, 0.3) is 0 Å². The second-order valence-corrected chi connectivity index (χ2v) is 20.6. The van der Waals surface area contributed by atoms with E-state index in [1.807, 2.05) is 0 Å². The highest BCUT2D eigenvalue weighted by Gasteiger charge is 2.19. The van der Waals surface area contributed by atoms with Gasteiger partial charge in [0.15, 0.2) is 6.10 Å². The number of rotatable bonds is 56. The van der Waals surface area contributed by atoms with Crippen LogP contribution in [0.1, 0.15) is 316 Å². The van der Waals surface area contributed by atoms with E-state index in [2.05, 4.69) is 81.5 Å². The van der Waals surface area contributed by atoms with Gasteiger partial charge in [0.05, 0.1) is 0 Å². The third-order valence-electron chi connectivity index (χ3n) is 13.5. The molecule has 0 saturated carbocycles. The van der Waals surface area contributed by atoms with Crippen molar-refractivity contribution in [3.63, 3.8) is 0 Å². The molecule has 0 unspecified atom stereocenters. The molecule has 0 aromatic carbocycles. The predicted molar refractivity (Wildman–Crippen MR) is 307 cm³/mol. The van der Waals surface area contributed by atoms with Gasteiger partial charge in [0, 0.05) is 19.3 Å². The molecule has 0 rings (SSSR count). The maximum absolute atomic E-state index is 12.9. The molecule has 0 fully saturated rings. The van der Waals surface area contributed by atoms with Crippen LogP contribution < -0.4 is 0 Å². The van der Waals surface area contributed by atoms with Crippen LogP contribution in [0.15, 0.2) is 60.8 Å². The maximum Gasteiger partial charge on any atom is 0.306 e. The van der Waals surface area contributed by atoms with Crippen LogP contribution in [0.5, 0.6) is 0 Å². The summed E-state index contributed by atoms with van der Waals surface area (Å²) >= 11 is 0. The lowest BCUT2D eigenvalue weighted by atomic mass is 10.0. The highest BCUT2D eigenvalue weighted by molar-refractivity contribution is 5.71. The molecule has 71 heavy (non-hydrogen) atoms. The summed E-state index contributed by atoms with van der Waals surface area (Å²) in [5.41, 5.74) is 0. The Morgan fingerprint density at radius 3 is 0.859 bits per heavy atom. The largest absolute Gasteiger partial charge is 0.462 e. The lowest BCUT2D eigenvalue weighted by molar-refractivity contribution is -0.167. The van der Waals surface area contributed by atoms with Gasteiger partial charge < -0.3 is 14.2 Å². The van der Waals surface area contributed by atoms with Crippen molar-refractivity contribution in [2.45, 2.75) is 322 Å². The Hall–Kier alpha value is -2.89. The van der Waals surface area contributed by atoms with E-state index in [4.69, 9.17) is 14.2 Å². The molecule has 0 bridgehead atoms. The molecule has 0 aliphatic rings. The zero-order chi connectivity index (χ0) is 51.4. The second-order valence-electron chi connectivity index (χ2n) is 20.6. The Morgan fingerprint density at radius 1 is 0.296 bits per heavy atom. The zero-order valence-electron chi connectivity index (χ0n) is 47.2. The first-order chi connectivity index (χ1) is 35.0. The maximum atomic E-state index is 12.9. The van der Waals surface area contributed by atoms with Crippen LogP contribution in [0, 0.1) is 0 Å². The van der Waals surface area contributed by atoms with Gasteiger partial charge in [-0.1, -0.05) is 293 Å². The van der Waals surface area contributed by atoms with E-state index in [0.29, 0.717) is 19.3 Å². The van der Waals surface area contributed by atoms with E-state index in [1.165, 1.54) is 180 Å². The predicted octanol–water partition coefficient (Wildman–Crippen LogP) is 20.8. The zero-order valence-corrected chi connectivity index (χ0v) is 47.2. The molecule has 0 N–H and O–H groups in total. The number of esters is 3. The lowest BCUT2D eigenvalue weighted by Crippen LogP contribution is -2.30. The first kappa shape index (κ1) is 68.1. The Kier molecular flexibility index (Phi) is 57.2. The summed E-state index contributed by atoms with van der Waals surface area (Å²) in [5, 5.41) is 0. The highest BCUT2D eigenvalue weighted by Crippen LogP contribution is 2.17. The van der Waals surface area contributed by atoms with Crippen molar-refractivity contribution < 1.29 is 28.6 Å². The molecule has 0 aromatic heterocycles. The number of carbonyl (C=O) groups is 3. The van der Waals surface area contributed by atoms with Crippen molar-refractivity contribution in [1.29, 1.82) is 0 Å². The van der Waals surface area contributed by atoms with Gasteiger partial charge in [-0.25, -0.2) is 0 Å². The number of unbranched alkanes of at least 4 members (excludes halogenated alkanes) is 35. The van der Waals surface area contributed by atoms with Crippen LogP contribution in [0.25, 0.3) is 0 Å². The molecule has 0 aliphatic heterocycles. The summed E-state index contributed by atoms with van der Waals surface area (Å²) in [4.78, 5) is 38.3. The number of ether oxygens (including phenoxy) is 3. The summed E-state index contributed by atoms with van der Waals surface area (Å²) < 4.78 is 16.9. The van der Waals surface area contributed by atoms with Crippen LogP contribution in [-0.2, 0) is 28.6 Å². The quantitative estimate of drug-likeness (QED) is 0.0261. The van der Waals surface area contributed by atoms with Crippen LogP contribution in [0.2, 0.25) is 0 Å². The molecule has 1 atom stereocenters. The van der Waals surface area contributed by atoms with Gasteiger partial charge in [-0.15, -0.1) is 0 Å². The molecule has 412 valence electrons. The molecule has 0 radical (unpaired) electrons. The average Bonchev–Trinajstić information content (AvgIpc) is 3.37. The third kappa shape index (κ3) is 57.9. The fourth-order valence-corrected chi connectivity index (χ4v) is 8.94. The summed E-state index contributed by atoms with van der Waals surface area (Å²) in [5.74, 6) is -0.894. The third-order valence-corrected chi connectivity index (χ3v) is 13.5. The Labute approximate surface area is 440 Å². The van der Waals surface area contributed by atoms with Crippen LogP contribution >= 0.6 is 0 Å². The van der Waals surface area contributed by atoms with Gasteiger partial charge in [0.1, 0.15) is 13.2 Å². The lowest BCUT2D eigenvalue weighted by Gasteiger charge is -2.18. The fourth-order valence-electron chi connectivity index (χ4n) is 8.94. The summed E-state index contributed by atoms with van der Waals surface area (Å²) in [6.45, 7) is 6.55. The number of allylic oxidation sites excluding steroid dienone is 10. The minimum Gasteiger partial charge on any atom is -0.462 e. The fraction of sp³-hybridized carbons (Fsp3) is 0.800. The summed E-state index contributed by atoms with van der Waals surface area (Å²) in [6.07, 6.45) is 75.0. The molecule has 0 spiro atoms. The Bertz CT molecular complexity index is 1280. The average molecular weight is 994 g/mol. The van der Waals surface area contributed by atoms with Crippen molar-refractivity contribution >= 4 is 17.9 Å². The van der Waals surface area contributed by atoms with Crippen molar-refractivity contribution in [2.24, 2.45) is 0 Å². The smallest absolute Gasteiger partial charge is 0.306 e. The summed E-state index contributed by atoms with van der Waals surface area (Å²) in [6, 6.07) is 0. The van der Waals surface area contributed by atoms with E-state index in [9.17, 15) is 14.4 Å². The Morgan fingerprint density at radius 2 is 0.549 bits per heavy atom. The van der Waals surface area contributed by atoms with Gasteiger partial charge in [-0.2, -0.15) is 0 Å². The van der Waals surface area contributed by atoms with E-state index in [0.717, 1.165) is 96.3 Å². The van der Waals surface area contributed by atoms with Crippen LogP contribution in [-0.4, -0.2) is 37.2 Å². The van der Waals surface area contributed by atoms with Crippen molar-refractivity contribution in [2.75, 3.05) is 13.2 Å². The molecule has 6 heteroatoms. The molecular formula is C65H116O6. The molecule has 0 saturated heterocycles. The SMILES string of the molecule is CC/C=C\C/C=C\C/C=C\C/C=C\C/C=C\CCCCCC(=O)OC[C@@H](COC(=O)CCCCCCCCCCCCCCCCCC)OC(=O)CCCCCCCCCCCCCCCCCCCC. The monoisotopic (exact) mass is 993 g/mol. The standard InChI is InChI=1S/C65H116O6/c1-4-7-10-13-16-19-22-25-28-31-33-35-37-40-43-46-49-52-55-58-64(67)70-61-62(60-69-63(66)57-54-51-48-45-42-39-36-30-27-24-21-18-15-12-9-6-3)71-65(68)59-56-53-50-47-44-41-38-34-32-29-26-23-20-17-14-11-8-5-2/h7,10,16,19,25,28,33,35,40,43,62H,4-6,8-9,11-15,17-18,20-24,26-27,29-32,34,36-39,41-42,44-61H2,1-3H3/b10-7-,19-16-,28-25-,35-33-,43-40-/t62-/m1/s1. The normalized spacial score (nSPS) is 12.4. The minimum atomic E-state index is -0.785. The van der Waals surface area contributed by atoms with E-state index in [-0.39, 0.29) is 31.1 Å². The molecule has 0 amide bonds. The minimum absolute atomic E-state index is 0.0803. The molecule has 0 aromatic rings.